The molecule has 2 saturated heterocycles. The van der Waals surface area contributed by atoms with Crippen LogP contribution in [0.2, 0.25) is 0 Å². The minimum absolute atomic E-state index is 0. The van der Waals surface area contributed by atoms with Crippen molar-refractivity contribution in [1.29, 1.82) is 0 Å². The molecule has 2 heteroatoms. The van der Waals surface area contributed by atoms with Crippen LogP contribution in [0.3, 0.4) is 0 Å². The van der Waals surface area contributed by atoms with Gasteiger partial charge in [-0.3, -0.25) is 0 Å². The normalized spacial score (nSPS) is 47.8. The van der Waals surface area contributed by atoms with Crippen molar-refractivity contribution >= 4 is 0 Å². The fourth-order valence-electron chi connectivity index (χ4n) is 3.90. The van der Waals surface area contributed by atoms with Crippen molar-refractivity contribution in [3.63, 3.8) is 0 Å². The van der Waals surface area contributed by atoms with Crippen LogP contribution in [0.5, 0.6) is 0 Å². The molecule has 0 aromatic rings. The van der Waals surface area contributed by atoms with Gasteiger partial charge in [-0.05, 0) is 36.5 Å². The summed E-state index contributed by atoms with van der Waals surface area (Å²) in [5, 5.41) is 0. The lowest BCUT2D eigenvalue weighted by atomic mass is 9.79. The zero-order chi connectivity index (χ0) is 9.71. The van der Waals surface area contributed by atoms with Gasteiger partial charge in [0.2, 0.25) is 0 Å². The molecule has 0 aromatic heterocycles. The largest absolute Gasteiger partial charge is 0.352 e. The summed E-state index contributed by atoms with van der Waals surface area (Å²) in [6.45, 7) is 6.62. The molecule has 0 spiro atoms. The fraction of sp³-hybridized carbons (Fsp3) is 1.00. The summed E-state index contributed by atoms with van der Waals surface area (Å²) in [7, 11) is 0. The van der Waals surface area contributed by atoms with Crippen LogP contribution in [0.15, 0.2) is 0 Å². The number of hydrogen-bond acceptors (Lipinski definition) is 2. The minimum atomic E-state index is 0. The number of ether oxygens (including phenoxy) is 2. The zero-order valence-electron chi connectivity index (χ0n) is 9.11. The third-order valence-electron chi connectivity index (χ3n) is 4.54. The average molecular weight is 212 g/mol. The number of rotatable bonds is 1. The molecule has 1 aliphatic carbocycles. The maximum atomic E-state index is 5.70. The van der Waals surface area contributed by atoms with E-state index in [0.717, 1.165) is 42.8 Å². The topological polar surface area (TPSA) is 18.5 Å². The van der Waals surface area contributed by atoms with Crippen molar-refractivity contribution in [3.8, 4) is 0 Å². The van der Waals surface area contributed by atoms with E-state index in [2.05, 4.69) is 13.8 Å². The highest BCUT2D eigenvalue weighted by Crippen LogP contribution is 2.53. The molecular weight excluding hydrogens is 188 g/mol. The predicted octanol–water partition coefficient (Wildman–Crippen LogP) is 2.92. The van der Waals surface area contributed by atoms with Gasteiger partial charge in [0.25, 0.3) is 0 Å². The van der Waals surface area contributed by atoms with Crippen molar-refractivity contribution in [1.82, 2.24) is 0 Å². The van der Waals surface area contributed by atoms with Crippen LogP contribution in [0, 0.1) is 29.6 Å². The zero-order valence-corrected chi connectivity index (χ0v) is 9.11. The molecule has 2 aliphatic heterocycles. The van der Waals surface area contributed by atoms with Gasteiger partial charge in [0.05, 0.1) is 13.2 Å². The van der Waals surface area contributed by atoms with E-state index in [1.165, 1.54) is 12.8 Å². The van der Waals surface area contributed by atoms with Gasteiger partial charge in [0, 0.05) is 5.92 Å². The van der Waals surface area contributed by atoms with Crippen molar-refractivity contribution < 1.29 is 9.47 Å². The summed E-state index contributed by atoms with van der Waals surface area (Å²) in [5.74, 6) is 4.19. The van der Waals surface area contributed by atoms with Gasteiger partial charge in [-0.1, -0.05) is 21.3 Å². The van der Waals surface area contributed by atoms with Crippen LogP contribution in [-0.2, 0) is 9.47 Å². The quantitative estimate of drug-likeness (QED) is 0.665. The van der Waals surface area contributed by atoms with Crippen LogP contribution in [0.4, 0.5) is 0 Å². The van der Waals surface area contributed by atoms with Gasteiger partial charge in [-0.15, -0.1) is 0 Å². The molecule has 0 bridgehead atoms. The van der Waals surface area contributed by atoms with Crippen LogP contribution >= 0.6 is 0 Å². The Morgan fingerprint density at radius 3 is 2.73 bits per heavy atom. The molecule has 0 amide bonds. The standard InChI is InChI=1S/C12H20O2.CH4/c1-7(2)10-5-8-6-14-12-11(8)9(10)3-4-13-12;/h7-12H,3-6H2,1-2H3;1H4/t8-,9-,10+,11+,12+;/m0./s1. The molecule has 0 radical (unpaired) electrons. The summed E-state index contributed by atoms with van der Waals surface area (Å²) >= 11 is 0. The van der Waals surface area contributed by atoms with Crippen LogP contribution in [-0.4, -0.2) is 19.5 Å². The molecular formula is C13H24O2. The number of hydrogen-bond donors (Lipinski definition) is 0. The third-order valence-corrected chi connectivity index (χ3v) is 4.54. The van der Waals surface area contributed by atoms with Crippen molar-refractivity contribution in [2.24, 2.45) is 29.6 Å². The molecule has 15 heavy (non-hydrogen) atoms. The lowest BCUT2D eigenvalue weighted by Crippen LogP contribution is -2.35. The van der Waals surface area contributed by atoms with Gasteiger partial charge in [-0.2, -0.15) is 0 Å². The summed E-state index contributed by atoms with van der Waals surface area (Å²) < 4.78 is 11.4. The molecule has 2 heterocycles. The van der Waals surface area contributed by atoms with Crippen molar-refractivity contribution in [2.45, 2.75) is 40.4 Å². The Kier molecular flexibility index (Phi) is 3.09. The molecule has 0 N–H and O–H groups in total. The Morgan fingerprint density at radius 1 is 1.20 bits per heavy atom. The first-order valence-corrected chi connectivity index (χ1v) is 6.00. The van der Waals surface area contributed by atoms with E-state index in [1.807, 2.05) is 0 Å². The summed E-state index contributed by atoms with van der Waals surface area (Å²) in [6.07, 6.45) is 2.80. The lowest BCUT2D eigenvalue weighted by molar-refractivity contribution is -0.170. The summed E-state index contributed by atoms with van der Waals surface area (Å²) in [4.78, 5) is 0. The summed E-state index contributed by atoms with van der Waals surface area (Å²) in [6, 6.07) is 0. The SMILES string of the molecule is C.CC(C)[C@H]1C[C@H]2CO[C@H]3OCC[C@@H]1[C@@H]23. The first-order valence-electron chi connectivity index (χ1n) is 6.00. The van der Waals surface area contributed by atoms with E-state index < -0.39 is 0 Å². The van der Waals surface area contributed by atoms with Crippen LogP contribution in [0.25, 0.3) is 0 Å². The Balaban J connectivity index is 0.000000853. The average Bonchev–Trinajstić information content (AvgIpc) is 2.72. The van der Waals surface area contributed by atoms with Crippen molar-refractivity contribution in [3.05, 3.63) is 0 Å². The van der Waals surface area contributed by atoms with E-state index in [4.69, 9.17) is 9.47 Å². The van der Waals surface area contributed by atoms with E-state index in [0.29, 0.717) is 0 Å². The second kappa shape index (κ2) is 4.06. The predicted molar refractivity (Wildman–Crippen MR) is 60.5 cm³/mol. The van der Waals surface area contributed by atoms with Gasteiger partial charge in [-0.25, -0.2) is 0 Å². The highest BCUT2D eigenvalue weighted by molar-refractivity contribution is 4.98. The fourth-order valence-corrected chi connectivity index (χ4v) is 3.90. The maximum absolute atomic E-state index is 5.70. The molecule has 2 nitrogen and oxygen atoms in total. The molecule has 0 unspecified atom stereocenters. The Bertz CT molecular complexity index is 225. The van der Waals surface area contributed by atoms with Crippen molar-refractivity contribution in [2.75, 3.05) is 13.2 Å². The Morgan fingerprint density at radius 2 is 2.00 bits per heavy atom. The van der Waals surface area contributed by atoms with Gasteiger partial charge < -0.3 is 9.47 Å². The van der Waals surface area contributed by atoms with Gasteiger partial charge in [0.1, 0.15) is 0 Å². The smallest absolute Gasteiger partial charge is 0.160 e. The maximum Gasteiger partial charge on any atom is 0.160 e. The van der Waals surface area contributed by atoms with Gasteiger partial charge >= 0.3 is 0 Å². The summed E-state index contributed by atoms with van der Waals surface area (Å²) in [5.41, 5.74) is 0. The second-order valence-electron chi connectivity index (χ2n) is 5.51. The van der Waals surface area contributed by atoms with Crippen LogP contribution in [0.1, 0.15) is 34.1 Å². The first-order chi connectivity index (χ1) is 6.77. The van der Waals surface area contributed by atoms with E-state index >= 15 is 0 Å². The first kappa shape index (κ1) is 11.4. The van der Waals surface area contributed by atoms with E-state index in [9.17, 15) is 0 Å². The van der Waals surface area contributed by atoms with Crippen LogP contribution < -0.4 is 0 Å². The molecule has 0 aromatic carbocycles. The molecule has 1 saturated carbocycles. The molecule has 3 fully saturated rings. The van der Waals surface area contributed by atoms with Gasteiger partial charge in [0.15, 0.2) is 6.29 Å². The highest BCUT2D eigenvalue weighted by Gasteiger charge is 2.53. The lowest BCUT2D eigenvalue weighted by Gasteiger charge is -2.34. The second-order valence-corrected chi connectivity index (χ2v) is 5.51. The molecule has 5 atom stereocenters. The Labute approximate surface area is 93.3 Å². The molecule has 88 valence electrons. The molecule has 3 aliphatic rings. The third kappa shape index (κ3) is 1.62. The monoisotopic (exact) mass is 212 g/mol. The molecule has 3 rings (SSSR count). The Hall–Kier alpha value is -0.0800. The van der Waals surface area contributed by atoms with E-state index in [1.54, 1.807) is 0 Å². The minimum Gasteiger partial charge on any atom is -0.352 e. The van der Waals surface area contributed by atoms with E-state index in [-0.39, 0.29) is 13.7 Å². The highest BCUT2D eigenvalue weighted by atomic mass is 16.7.